The molecule has 114 valence electrons. The molecule has 1 unspecified atom stereocenters. The molecule has 0 aliphatic carbocycles. The number of benzene rings is 1. The predicted octanol–water partition coefficient (Wildman–Crippen LogP) is 2.84. The molecule has 0 saturated carbocycles. The number of Topliss-reactive ketones (excluding diaryl/α,β-unsaturated/α-hetero) is 2. The molecule has 0 bridgehead atoms. The summed E-state index contributed by atoms with van der Waals surface area (Å²) in [5.41, 5.74) is -0.249. The number of nitrogens with zero attached hydrogens (tertiary/aromatic N) is 1. The highest BCUT2D eigenvalue weighted by atomic mass is 19.3. The van der Waals surface area contributed by atoms with Crippen LogP contribution in [-0.4, -0.2) is 27.6 Å². The highest BCUT2D eigenvalue weighted by Crippen LogP contribution is 2.34. The molecule has 1 N–H and O–H groups in total. The van der Waals surface area contributed by atoms with Gasteiger partial charge in [0.2, 0.25) is 0 Å². The van der Waals surface area contributed by atoms with Crippen molar-refractivity contribution < 1.29 is 23.5 Å². The third-order valence-electron chi connectivity index (χ3n) is 3.18. The summed E-state index contributed by atoms with van der Waals surface area (Å²) in [7, 11) is 0. The second-order valence-corrected chi connectivity index (χ2v) is 4.75. The van der Waals surface area contributed by atoms with E-state index in [0.29, 0.717) is 5.56 Å². The summed E-state index contributed by atoms with van der Waals surface area (Å²) in [6, 6.07) is 9.09. The summed E-state index contributed by atoms with van der Waals surface area (Å²) < 4.78 is 28.3. The summed E-state index contributed by atoms with van der Waals surface area (Å²) in [6.07, 6.45) is -1.10. The maximum absolute atomic E-state index is 14.1. The number of aliphatic hydroxyl groups is 1. The van der Waals surface area contributed by atoms with E-state index in [4.69, 9.17) is 0 Å². The molecule has 0 aliphatic heterocycles. The number of carbonyl (C=O) groups is 2. The molecule has 0 aliphatic rings. The van der Waals surface area contributed by atoms with Crippen LogP contribution in [0.3, 0.4) is 0 Å². The van der Waals surface area contributed by atoms with Gasteiger partial charge >= 0.3 is 5.92 Å². The summed E-state index contributed by atoms with van der Waals surface area (Å²) in [5, 5.41) is 9.83. The Morgan fingerprint density at radius 3 is 2.27 bits per heavy atom. The predicted molar refractivity (Wildman–Crippen MR) is 74.9 cm³/mol. The van der Waals surface area contributed by atoms with E-state index < -0.39 is 23.5 Å². The van der Waals surface area contributed by atoms with Gasteiger partial charge in [0.25, 0.3) is 5.78 Å². The van der Waals surface area contributed by atoms with E-state index in [1.165, 1.54) is 49.5 Å². The lowest BCUT2D eigenvalue weighted by Gasteiger charge is -2.21. The third kappa shape index (κ3) is 3.07. The van der Waals surface area contributed by atoms with E-state index in [1.54, 1.807) is 0 Å². The summed E-state index contributed by atoms with van der Waals surface area (Å²) >= 11 is 0. The molecule has 1 atom stereocenters. The molecule has 6 heteroatoms. The third-order valence-corrected chi connectivity index (χ3v) is 3.18. The van der Waals surface area contributed by atoms with E-state index in [9.17, 15) is 23.5 Å². The Morgan fingerprint density at radius 2 is 1.77 bits per heavy atom. The molecule has 22 heavy (non-hydrogen) atoms. The quantitative estimate of drug-likeness (QED) is 0.863. The van der Waals surface area contributed by atoms with Crippen LogP contribution >= 0.6 is 0 Å². The number of pyridine rings is 1. The van der Waals surface area contributed by atoms with Crippen LogP contribution in [0.1, 0.15) is 39.4 Å². The van der Waals surface area contributed by atoms with Crippen LogP contribution in [0.15, 0.2) is 48.7 Å². The van der Waals surface area contributed by atoms with Gasteiger partial charge in [-0.3, -0.25) is 14.6 Å². The molecular formula is C16H13F2NO3. The van der Waals surface area contributed by atoms with Gasteiger partial charge in [-0.1, -0.05) is 30.3 Å². The van der Waals surface area contributed by atoms with Crippen LogP contribution in [0.4, 0.5) is 8.78 Å². The fourth-order valence-electron chi connectivity index (χ4n) is 1.90. The largest absolute Gasteiger partial charge is 0.382 e. The number of hydrogen-bond donors (Lipinski definition) is 1. The minimum Gasteiger partial charge on any atom is -0.382 e. The van der Waals surface area contributed by atoms with Gasteiger partial charge in [0.1, 0.15) is 5.69 Å². The number of halogens is 2. The Bertz CT molecular complexity index is 684. The number of alkyl halides is 2. The molecule has 4 nitrogen and oxygen atoms in total. The van der Waals surface area contributed by atoms with Crippen molar-refractivity contribution in [2.75, 3.05) is 0 Å². The van der Waals surface area contributed by atoms with Crippen molar-refractivity contribution in [1.82, 2.24) is 4.98 Å². The fraction of sp³-hybridized carbons (Fsp3) is 0.188. The lowest BCUT2D eigenvalue weighted by Crippen LogP contribution is -2.36. The minimum atomic E-state index is -4.02. The van der Waals surface area contributed by atoms with Gasteiger partial charge in [0.05, 0.1) is 0 Å². The molecule has 0 radical (unpaired) electrons. The van der Waals surface area contributed by atoms with Crippen LogP contribution in [0.5, 0.6) is 0 Å². The highest BCUT2D eigenvalue weighted by molar-refractivity contribution is 6.00. The van der Waals surface area contributed by atoms with Gasteiger partial charge in [-0.05, 0) is 24.6 Å². The van der Waals surface area contributed by atoms with Crippen LogP contribution in [0.25, 0.3) is 0 Å². The Labute approximate surface area is 125 Å². The van der Waals surface area contributed by atoms with Crippen LogP contribution in [0.2, 0.25) is 0 Å². The van der Waals surface area contributed by atoms with Crippen molar-refractivity contribution in [3.05, 3.63) is 65.5 Å². The Hall–Kier alpha value is -2.47. The maximum atomic E-state index is 14.1. The van der Waals surface area contributed by atoms with Gasteiger partial charge in [0.15, 0.2) is 11.9 Å². The molecule has 1 heterocycles. The summed E-state index contributed by atoms with van der Waals surface area (Å²) in [6.45, 7) is 1.34. The Balaban J connectivity index is 2.28. The second kappa shape index (κ2) is 6.11. The van der Waals surface area contributed by atoms with Crippen molar-refractivity contribution in [3.63, 3.8) is 0 Å². The van der Waals surface area contributed by atoms with Crippen LogP contribution in [0, 0.1) is 0 Å². The van der Waals surface area contributed by atoms with E-state index in [0.717, 1.165) is 6.07 Å². The zero-order chi connectivity index (χ0) is 16.3. The molecule has 1 aromatic heterocycles. The molecule has 0 saturated heterocycles. The van der Waals surface area contributed by atoms with E-state index in [1.807, 2.05) is 0 Å². The van der Waals surface area contributed by atoms with E-state index in [2.05, 4.69) is 4.98 Å². The first-order valence-electron chi connectivity index (χ1n) is 6.46. The molecule has 2 aromatic rings. The minimum absolute atomic E-state index is 0.153. The first-order chi connectivity index (χ1) is 10.3. The van der Waals surface area contributed by atoms with Gasteiger partial charge in [-0.15, -0.1) is 0 Å². The van der Waals surface area contributed by atoms with Crippen LogP contribution < -0.4 is 0 Å². The Kier molecular flexibility index (Phi) is 4.42. The van der Waals surface area contributed by atoms with Crippen molar-refractivity contribution in [1.29, 1.82) is 0 Å². The first-order valence-corrected chi connectivity index (χ1v) is 6.46. The number of carbonyl (C=O) groups excluding carboxylic acids is 2. The van der Waals surface area contributed by atoms with Gasteiger partial charge in [0, 0.05) is 11.8 Å². The number of hydrogen-bond acceptors (Lipinski definition) is 4. The first kappa shape index (κ1) is 15.9. The zero-order valence-corrected chi connectivity index (χ0v) is 11.7. The molecule has 0 spiro atoms. The van der Waals surface area contributed by atoms with Crippen molar-refractivity contribution in [2.24, 2.45) is 0 Å². The summed E-state index contributed by atoms with van der Waals surface area (Å²) in [5.74, 6) is -5.81. The van der Waals surface area contributed by atoms with Gasteiger partial charge in [-0.25, -0.2) is 0 Å². The lowest BCUT2D eigenvalue weighted by molar-refractivity contribution is -0.0795. The Morgan fingerprint density at radius 1 is 1.14 bits per heavy atom. The molecular weight excluding hydrogens is 292 g/mol. The monoisotopic (exact) mass is 305 g/mol. The van der Waals surface area contributed by atoms with E-state index in [-0.39, 0.29) is 11.3 Å². The number of aliphatic hydroxyl groups excluding tert-OH is 1. The van der Waals surface area contributed by atoms with Crippen molar-refractivity contribution in [2.45, 2.75) is 19.0 Å². The van der Waals surface area contributed by atoms with Gasteiger partial charge in [-0.2, -0.15) is 8.78 Å². The fourth-order valence-corrected chi connectivity index (χ4v) is 1.90. The number of aromatic nitrogens is 1. The average molecular weight is 305 g/mol. The van der Waals surface area contributed by atoms with Crippen LogP contribution in [-0.2, 0) is 0 Å². The number of rotatable bonds is 5. The zero-order valence-electron chi connectivity index (χ0n) is 11.7. The number of ketones is 2. The second-order valence-electron chi connectivity index (χ2n) is 4.75. The molecule has 0 fully saturated rings. The molecule has 2 rings (SSSR count). The normalized spacial score (nSPS) is 12.7. The van der Waals surface area contributed by atoms with Crippen molar-refractivity contribution >= 4 is 11.6 Å². The maximum Gasteiger partial charge on any atom is 0.340 e. The smallest absolute Gasteiger partial charge is 0.340 e. The SMILES string of the molecule is CC(=O)c1ccc(C(O)C(F)(F)C(=O)c2ccccn2)cc1. The van der Waals surface area contributed by atoms with E-state index >= 15 is 0 Å². The highest BCUT2D eigenvalue weighted by Gasteiger charge is 2.48. The van der Waals surface area contributed by atoms with Crippen molar-refractivity contribution in [3.8, 4) is 0 Å². The molecule has 1 aromatic carbocycles. The van der Waals surface area contributed by atoms with Gasteiger partial charge < -0.3 is 5.11 Å². The topological polar surface area (TPSA) is 67.3 Å². The lowest BCUT2D eigenvalue weighted by atomic mass is 9.97. The summed E-state index contributed by atoms with van der Waals surface area (Å²) in [4.78, 5) is 26.5. The average Bonchev–Trinajstić information content (AvgIpc) is 2.54. The molecule has 0 amide bonds. The standard InChI is InChI=1S/C16H13F2NO3/c1-10(20)11-5-7-12(8-6-11)14(21)16(17,18)15(22)13-4-2-3-9-19-13/h2-9,14,21H,1H3.